The van der Waals surface area contributed by atoms with Crippen molar-refractivity contribution in [2.75, 3.05) is 5.32 Å². The van der Waals surface area contributed by atoms with E-state index >= 15 is 0 Å². The molecule has 0 bridgehead atoms. The molecule has 0 fully saturated rings. The van der Waals surface area contributed by atoms with Crippen LogP contribution in [0.5, 0.6) is 0 Å². The molecule has 1 aliphatic rings. The average Bonchev–Trinajstić information content (AvgIpc) is 3.11. The summed E-state index contributed by atoms with van der Waals surface area (Å²) in [5.41, 5.74) is 6.19. The third-order valence-electron chi connectivity index (χ3n) is 5.18. The topological polar surface area (TPSA) is 96.6 Å². The molecule has 0 radical (unpaired) electrons. The maximum Gasteiger partial charge on any atom is 0.292 e. The van der Waals surface area contributed by atoms with E-state index in [1.54, 1.807) is 24.4 Å². The fourth-order valence-electron chi connectivity index (χ4n) is 3.60. The van der Waals surface area contributed by atoms with Crippen LogP contribution in [0.3, 0.4) is 0 Å². The standard InChI is InChI=1S/C23H21BrN4O3/c1-13-7-6-12-25-21(13)26-23(30)20-14(2)19-17(10-5-11-18(19)31-20)27-28-22(29)15-8-3-4-9-16(15)24/h3-4,6-9,12H,5,10-11H2,1-2H3,(H,28,29)(H,25,26,30)/b27-17+. The number of rotatable bonds is 4. The normalized spacial score (nSPS) is 14.2. The SMILES string of the molecule is Cc1cccnc1NC(=O)c1oc2c(c1C)/C(=N/NC(=O)c1ccccc1Br)CCC2. The minimum atomic E-state index is -0.356. The Balaban J connectivity index is 1.59. The lowest BCUT2D eigenvalue weighted by Crippen LogP contribution is -2.22. The van der Waals surface area contributed by atoms with E-state index < -0.39 is 0 Å². The second kappa shape index (κ2) is 8.85. The van der Waals surface area contributed by atoms with Crippen LogP contribution < -0.4 is 10.7 Å². The number of amides is 2. The molecule has 0 saturated heterocycles. The van der Waals surface area contributed by atoms with Crippen molar-refractivity contribution < 1.29 is 14.0 Å². The molecule has 2 N–H and O–H groups in total. The van der Waals surface area contributed by atoms with E-state index in [0.717, 1.165) is 17.5 Å². The lowest BCUT2D eigenvalue weighted by molar-refractivity contribution is 0.0952. The number of pyridine rings is 1. The Kier molecular flexibility index (Phi) is 5.99. The largest absolute Gasteiger partial charge is 0.455 e. The molecule has 0 spiro atoms. The molecule has 8 heteroatoms. The molecule has 2 aromatic heterocycles. The minimum absolute atomic E-state index is 0.238. The molecule has 1 aromatic carbocycles. The van der Waals surface area contributed by atoms with Crippen molar-refractivity contribution in [2.45, 2.75) is 33.1 Å². The third kappa shape index (κ3) is 4.29. The molecule has 1 aliphatic carbocycles. The van der Waals surface area contributed by atoms with E-state index in [-0.39, 0.29) is 17.6 Å². The van der Waals surface area contributed by atoms with Gasteiger partial charge < -0.3 is 9.73 Å². The summed E-state index contributed by atoms with van der Waals surface area (Å²) in [5.74, 6) is 0.778. The molecule has 4 rings (SSSR count). The number of furan rings is 1. The number of anilines is 1. The van der Waals surface area contributed by atoms with Crippen molar-refractivity contribution in [3.8, 4) is 0 Å². The summed E-state index contributed by atoms with van der Waals surface area (Å²) in [6.45, 7) is 3.71. The van der Waals surface area contributed by atoms with Gasteiger partial charge in [-0.2, -0.15) is 5.10 Å². The van der Waals surface area contributed by atoms with Gasteiger partial charge in [0.05, 0.1) is 11.3 Å². The van der Waals surface area contributed by atoms with Crippen LogP contribution >= 0.6 is 15.9 Å². The van der Waals surface area contributed by atoms with Crippen LogP contribution in [0.4, 0.5) is 5.82 Å². The number of aromatic nitrogens is 1. The van der Waals surface area contributed by atoms with Crippen molar-refractivity contribution in [2.24, 2.45) is 5.10 Å². The van der Waals surface area contributed by atoms with Gasteiger partial charge in [-0.3, -0.25) is 9.59 Å². The molecule has 0 saturated carbocycles. The highest BCUT2D eigenvalue weighted by Gasteiger charge is 2.28. The Morgan fingerprint density at radius 1 is 1.10 bits per heavy atom. The average molecular weight is 481 g/mol. The monoisotopic (exact) mass is 480 g/mol. The van der Waals surface area contributed by atoms with E-state index in [2.05, 4.69) is 36.8 Å². The molecular formula is C23H21BrN4O3. The molecule has 3 aromatic rings. The number of halogens is 1. The first kappa shape index (κ1) is 21.0. The summed E-state index contributed by atoms with van der Waals surface area (Å²) >= 11 is 3.38. The maximum absolute atomic E-state index is 12.8. The van der Waals surface area contributed by atoms with Crippen molar-refractivity contribution in [3.05, 3.63) is 80.8 Å². The lowest BCUT2D eigenvalue weighted by Gasteiger charge is -2.13. The van der Waals surface area contributed by atoms with Gasteiger partial charge in [0.15, 0.2) is 5.76 Å². The van der Waals surface area contributed by atoms with Crippen molar-refractivity contribution in [3.63, 3.8) is 0 Å². The first-order valence-corrected chi connectivity index (χ1v) is 10.7. The number of nitrogens with one attached hydrogen (secondary N) is 2. The molecule has 0 aliphatic heterocycles. The summed E-state index contributed by atoms with van der Waals surface area (Å²) in [7, 11) is 0. The summed E-state index contributed by atoms with van der Waals surface area (Å²) in [5, 5.41) is 7.18. The Labute approximate surface area is 188 Å². The van der Waals surface area contributed by atoms with Gasteiger partial charge in [0.1, 0.15) is 11.6 Å². The molecule has 158 valence electrons. The summed E-state index contributed by atoms with van der Waals surface area (Å²) in [6, 6.07) is 10.8. The molecule has 2 amide bonds. The number of aryl methyl sites for hydroxylation is 2. The second-order valence-electron chi connectivity index (χ2n) is 7.31. The van der Waals surface area contributed by atoms with Gasteiger partial charge in [-0.15, -0.1) is 0 Å². The van der Waals surface area contributed by atoms with Crippen LogP contribution in [0, 0.1) is 13.8 Å². The summed E-state index contributed by atoms with van der Waals surface area (Å²) in [6.07, 6.45) is 3.85. The van der Waals surface area contributed by atoms with Gasteiger partial charge in [0, 0.05) is 28.2 Å². The van der Waals surface area contributed by atoms with Gasteiger partial charge in [-0.1, -0.05) is 18.2 Å². The lowest BCUT2D eigenvalue weighted by atomic mass is 9.93. The molecule has 31 heavy (non-hydrogen) atoms. The van der Waals surface area contributed by atoms with Crippen molar-refractivity contribution in [1.82, 2.24) is 10.4 Å². The second-order valence-corrected chi connectivity index (χ2v) is 8.16. The van der Waals surface area contributed by atoms with E-state index in [1.165, 1.54) is 0 Å². The number of fused-ring (bicyclic) bond motifs is 1. The first-order valence-electron chi connectivity index (χ1n) is 9.92. The number of nitrogens with zero attached hydrogens (tertiary/aromatic N) is 2. The van der Waals surface area contributed by atoms with Crippen LogP contribution in [0.25, 0.3) is 0 Å². The van der Waals surface area contributed by atoms with Crippen LogP contribution in [0.2, 0.25) is 0 Å². The smallest absolute Gasteiger partial charge is 0.292 e. The summed E-state index contributed by atoms with van der Waals surface area (Å²) < 4.78 is 6.61. The van der Waals surface area contributed by atoms with Crippen LogP contribution in [-0.4, -0.2) is 22.5 Å². The zero-order valence-corrected chi connectivity index (χ0v) is 18.7. The van der Waals surface area contributed by atoms with E-state index in [4.69, 9.17) is 4.42 Å². The third-order valence-corrected chi connectivity index (χ3v) is 5.88. The highest BCUT2D eigenvalue weighted by atomic mass is 79.9. The number of carbonyl (C=O) groups excluding carboxylic acids is 2. The number of benzene rings is 1. The number of carbonyl (C=O) groups is 2. The van der Waals surface area contributed by atoms with Gasteiger partial charge in [-0.25, -0.2) is 10.4 Å². The number of hydrogen-bond donors (Lipinski definition) is 2. The molecule has 2 heterocycles. The van der Waals surface area contributed by atoms with Crippen LogP contribution in [-0.2, 0) is 6.42 Å². The zero-order valence-electron chi connectivity index (χ0n) is 17.2. The Morgan fingerprint density at radius 3 is 2.68 bits per heavy atom. The highest BCUT2D eigenvalue weighted by molar-refractivity contribution is 9.10. The number of hydrazone groups is 1. The molecule has 0 unspecified atom stereocenters. The van der Waals surface area contributed by atoms with E-state index in [9.17, 15) is 9.59 Å². The van der Waals surface area contributed by atoms with Gasteiger partial charge in [-0.05, 0) is 66.4 Å². The van der Waals surface area contributed by atoms with Gasteiger partial charge >= 0.3 is 0 Å². The van der Waals surface area contributed by atoms with Crippen LogP contribution in [0.15, 0.2) is 56.6 Å². The molecule has 7 nitrogen and oxygen atoms in total. The van der Waals surface area contributed by atoms with E-state index in [1.807, 2.05) is 32.0 Å². The number of hydrogen-bond acceptors (Lipinski definition) is 5. The van der Waals surface area contributed by atoms with Gasteiger partial charge in [0.2, 0.25) is 0 Å². The van der Waals surface area contributed by atoms with Gasteiger partial charge in [0.25, 0.3) is 11.8 Å². The quantitative estimate of drug-likeness (QED) is 0.525. The van der Waals surface area contributed by atoms with Crippen molar-refractivity contribution >= 4 is 39.3 Å². The first-order chi connectivity index (χ1) is 15.0. The predicted molar refractivity (Wildman–Crippen MR) is 121 cm³/mol. The predicted octanol–water partition coefficient (Wildman–Crippen LogP) is 4.78. The van der Waals surface area contributed by atoms with E-state index in [0.29, 0.717) is 45.7 Å². The fourth-order valence-corrected chi connectivity index (χ4v) is 4.07. The molecular weight excluding hydrogens is 460 g/mol. The van der Waals surface area contributed by atoms with Crippen molar-refractivity contribution in [1.29, 1.82) is 0 Å². The highest BCUT2D eigenvalue weighted by Crippen LogP contribution is 2.30. The Morgan fingerprint density at radius 2 is 1.90 bits per heavy atom. The fraction of sp³-hybridized carbons (Fsp3) is 0.217. The summed E-state index contributed by atoms with van der Waals surface area (Å²) in [4.78, 5) is 29.6. The maximum atomic E-state index is 12.8. The minimum Gasteiger partial charge on any atom is -0.455 e. The van der Waals surface area contributed by atoms with Crippen LogP contribution in [0.1, 0.15) is 56.2 Å². The Hall–Kier alpha value is -3.26. The zero-order chi connectivity index (χ0) is 22.0. The Bertz CT molecular complexity index is 1200. The molecule has 0 atom stereocenters.